The first-order valence-electron chi connectivity index (χ1n) is 18.9. The number of pyridine rings is 1. The topological polar surface area (TPSA) is 17.8 Å². The van der Waals surface area contributed by atoms with Crippen LogP contribution in [0.2, 0.25) is 0 Å². The van der Waals surface area contributed by atoms with Crippen LogP contribution in [-0.4, -0.2) is 9.55 Å². The van der Waals surface area contributed by atoms with Crippen molar-refractivity contribution in [1.82, 2.24) is 9.55 Å². The molecule has 2 heteroatoms. The predicted molar refractivity (Wildman–Crippen MR) is 233 cm³/mol. The van der Waals surface area contributed by atoms with Crippen LogP contribution in [0.4, 0.5) is 0 Å². The van der Waals surface area contributed by atoms with Crippen LogP contribution in [0.1, 0.15) is 0 Å². The molecular formula is C53H34N2. The first kappa shape index (κ1) is 31.3. The van der Waals surface area contributed by atoms with Crippen molar-refractivity contribution in [3.05, 3.63) is 207 Å². The van der Waals surface area contributed by atoms with Crippen LogP contribution in [0, 0.1) is 0 Å². The Morgan fingerprint density at radius 1 is 0.309 bits per heavy atom. The third-order valence-corrected chi connectivity index (χ3v) is 11.2. The Morgan fingerprint density at radius 2 is 0.818 bits per heavy atom. The van der Waals surface area contributed by atoms with E-state index in [1.54, 1.807) is 0 Å². The third kappa shape index (κ3) is 5.15. The molecular weight excluding hydrogens is 665 g/mol. The SMILES string of the molecule is c1ccc(-n2c3ccncc3c3cc(-c4cccc(-c5cccc(-c6c7ccccc7c(-c7ccc8ccccc8c7)c7ccccc67)c5)c4)ccc32)cc1. The van der Waals surface area contributed by atoms with Gasteiger partial charge < -0.3 is 4.57 Å². The second kappa shape index (κ2) is 12.7. The fraction of sp³-hybridized carbons (Fsp3) is 0. The van der Waals surface area contributed by atoms with Crippen LogP contribution in [0.5, 0.6) is 0 Å². The maximum atomic E-state index is 4.51. The van der Waals surface area contributed by atoms with Gasteiger partial charge in [-0.1, -0.05) is 146 Å². The van der Waals surface area contributed by atoms with Gasteiger partial charge in [0.05, 0.1) is 11.0 Å². The standard InChI is InChI=1S/C53H34N2/c1-2-18-43(19-3-1)55-50-27-26-40(33-48(50)49-34-54-29-28-51(49)55)38-15-10-14-37(30-38)39-16-11-17-41(32-39)52-44-20-6-8-22-46(44)53(47-23-9-7-21-45(47)52)42-25-24-35-12-4-5-13-36(35)31-42/h1-34H. The number of para-hydroxylation sites is 1. The molecule has 0 N–H and O–H groups in total. The zero-order valence-electron chi connectivity index (χ0n) is 30.0. The van der Waals surface area contributed by atoms with Crippen molar-refractivity contribution in [1.29, 1.82) is 0 Å². The average Bonchev–Trinajstić information content (AvgIpc) is 3.59. The van der Waals surface area contributed by atoms with Gasteiger partial charge in [0.1, 0.15) is 0 Å². The van der Waals surface area contributed by atoms with E-state index in [0.717, 1.165) is 16.6 Å². The average molecular weight is 699 g/mol. The van der Waals surface area contributed by atoms with Crippen molar-refractivity contribution in [2.24, 2.45) is 0 Å². The largest absolute Gasteiger partial charge is 0.309 e. The fourth-order valence-corrected chi connectivity index (χ4v) is 8.73. The van der Waals surface area contributed by atoms with E-state index in [4.69, 9.17) is 0 Å². The molecule has 55 heavy (non-hydrogen) atoms. The molecule has 11 rings (SSSR count). The minimum Gasteiger partial charge on any atom is -0.309 e. The van der Waals surface area contributed by atoms with Crippen molar-refractivity contribution < 1.29 is 0 Å². The minimum atomic E-state index is 1.15. The maximum absolute atomic E-state index is 4.51. The number of aromatic nitrogens is 2. The van der Waals surface area contributed by atoms with Crippen molar-refractivity contribution in [2.45, 2.75) is 0 Å². The molecule has 0 aliphatic rings. The highest BCUT2D eigenvalue weighted by molar-refractivity contribution is 6.22. The molecule has 0 fully saturated rings. The lowest BCUT2D eigenvalue weighted by molar-refractivity contribution is 1.17. The van der Waals surface area contributed by atoms with Gasteiger partial charge in [-0.3, -0.25) is 4.98 Å². The molecule has 0 atom stereocenters. The Morgan fingerprint density at radius 3 is 1.49 bits per heavy atom. The van der Waals surface area contributed by atoms with Crippen LogP contribution in [-0.2, 0) is 0 Å². The van der Waals surface area contributed by atoms with Gasteiger partial charge in [0.15, 0.2) is 0 Å². The van der Waals surface area contributed by atoms with Gasteiger partial charge in [-0.25, -0.2) is 0 Å². The molecule has 0 amide bonds. The van der Waals surface area contributed by atoms with Gasteiger partial charge in [-0.05, 0) is 125 Å². The van der Waals surface area contributed by atoms with Crippen LogP contribution >= 0.6 is 0 Å². The summed E-state index contributed by atoms with van der Waals surface area (Å²) in [6.45, 7) is 0. The highest BCUT2D eigenvalue weighted by atomic mass is 15.0. The molecule has 0 saturated heterocycles. The Bertz CT molecular complexity index is 3200. The summed E-state index contributed by atoms with van der Waals surface area (Å²) in [7, 11) is 0. The summed E-state index contributed by atoms with van der Waals surface area (Å²) in [4.78, 5) is 4.51. The predicted octanol–water partition coefficient (Wildman–Crippen LogP) is 14.3. The Labute approximate surface area is 319 Å². The lowest BCUT2D eigenvalue weighted by Crippen LogP contribution is -1.93. The number of hydrogen-bond donors (Lipinski definition) is 0. The van der Waals surface area contributed by atoms with E-state index in [0.29, 0.717) is 0 Å². The molecule has 0 saturated carbocycles. The summed E-state index contributed by atoms with van der Waals surface area (Å²) in [5, 5.41) is 9.89. The zero-order chi connectivity index (χ0) is 36.3. The van der Waals surface area contributed by atoms with Crippen molar-refractivity contribution in [2.75, 3.05) is 0 Å². The number of rotatable bonds is 5. The monoisotopic (exact) mass is 698 g/mol. The van der Waals surface area contributed by atoms with Gasteiger partial charge in [0.25, 0.3) is 0 Å². The molecule has 256 valence electrons. The molecule has 2 heterocycles. The molecule has 11 aromatic rings. The van der Waals surface area contributed by atoms with Crippen molar-refractivity contribution >= 4 is 54.1 Å². The van der Waals surface area contributed by atoms with E-state index < -0.39 is 0 Å². The minimum absolute atomic E-state index is 1.15. The van der Waals surface area contributed by atoms with Gasteiger partial charge in [-0.15, -0.1) is 0 Å². The number of benzene rings is 9. The van der Waals surface area contributed by atoms with Gasteiger partial charge in [0, 0.05) is 28.9 Å². The van der Waals surface area contributed by atoms with Gasteiger partial charge in [0.2, 0.25) is 0 Å². The number of hydrogen-bond acceptors (Lipinski definition) is 1. The molecule has 9 aromatic carbocycles. The summed E-state index contributed by atoms with van der Waals surface area (Å²) in [5.74, 6) is 0. The second-order valence-corrected chi connectivity index (χ2v) is 14.4. The Kier molecular flexibility index (Phi) is 7.21. The van der Waals surface area contributed by atoms with Crippen LogP contribution in [0.3, 0.4) is 0 Å². The lowest BCUT2D eigenvalue weighted by Gasteiger charge is -2.18. The highest BCUT2D eigenvalue weighted by Crippen LogP contribution is 2.45. The number of fused-ring (bicyclic) bond motifs is 6. The van der Waals surface area contributed by atoms with E-state index >= 15 is 0 Å². The summed E-state index contributed by atoms with van der Waals surface area (Å²) < 4.78 is 2.33. The summed E-state index contributed by atoms with van der Waals surface area (Å²) in [5.41, 5.74) is 13.2. The van der Waals surface area contributed by atoms with E-state index in [1.165, 1.54) is 87.7 Å². The highest BCUT2D eigenvalue weighted by Gasteiger charge is 2.18. The quantitative estimate of drug-likeness (QED) is 0.164. The van der Waals surface area contributed by atoms with Gasteiger partial charge >= 0.3 is 0 Å². The molecule has 0 bridgehead atoms. The Balaban J connectivity index is 1.04. The van der Waals surface area contributed by atoms with Crippen molar-refractivity contribution in [3.63, 3.8) is 0 Å². The fourth-order valence-electron chi connectivity index (χ4n) is 8.73. The summed E-state index contributed by atoms with van der Waals surface area (Å²) in [6, 6.07) is 70.8. The molecule has 0 spiro atoms. The lowest BCUT2D eigenvalue weighted by atomic mass is 9.85. The van der Waals surface area contributed by atoms with Crippen LogP contribution in [0.25, 0.3) is 104 Å². The first-order chi connectivity index (χ1) is 27.3. The van der Waals surface area contributed by atoms with E-state index in [2.05, 4.69) is 204 Å². The Hall–Kier alpha value is -7.29. The molecule has 0 aliphatic heterocycles. The second-order valence-electron chi connectivity index (χ2n) is 14.4. The zero-order valence-corrected chi connectivity index (χ0v) is 30.0. The molecule has 0 unspecified atom stereocenters. The maximum Gasteiger partial charge on any atom is 0.0571 e. The van der Waals surface area contributed by atoms with E-state index in [9.17, 15) is 0 Å². The molecule has 0 aliphatic carbocycles. The molecule has 0 radical (unpaired) electrons. The normalized spacial score (nSPS) is 11.6. The molecule has 2 aromatic heterocycles. The van der Waals surface area contributed by atoms with Gasteiger partial charge in [-0.2, -0.15) is 0 Å². The van der Waals surface area contributed by atoms with Crippen molar-refractivity contribution in [3.8, 4) is 50.2 Å². The van der Waals surface area contributed by atoms with E-state index in [1.807, 2.05) is 12.4 Å². The van der Waals surface area contributed by atoms with Crippen LogP contribution in [0.15, 0.2) is 207 Å². The van der Waals surface area contributed by atoms with E-state index in [-0.39, 0.29) is 0 Å². The van der Waals surface area contributed by atoms with Crippen LogP contribution < -0.4 is 0 Å². The summed E-state index contributed by atoms with van der Waals surface area (Å²) >= 11 is 0. The first-order valence-corrected chi connectivity index (χ1v) is 18.9. The molecule has 2 nitrogen and oxygen atoms in total. The smallest absolute Gasteiger partial charge is 0.0571 e. The number of nitrogens with zero attached hydrogens (tertiary/aromatic N) is 2. The summed E-state index contributed by atoms with van der Waals surface area (Å²) in [6.07, 6.45) is 3.87. The third-order valence-electron chi connectivity index (χ3n) is 11.2.